The number of rotatable bonds is 3. The summed E-state index contributed by atoms with van der Waals surface area (Å²) < 4.78 is 32.4. The van der Waals surface area contributed by atoms with Crippen molar-refractivity contribution in [2.24, 2.45) is 5.92 Å². The summed E-state index contributed by atoms with van der Waals surface area (Å²) in [5.74, 6) is -2.17. The van der Waals surface area contributed by atoms with E-state index in [2.05, 4.69) is 4.74 Å². The lowest BCUT2D eigenvalue weighted by Crippen LogP contribution is -2.47. The summed E-state index contributed by atoms with van der Waals surface area (Å²) in [6, 6.07) is -0.848. The van der Waals surface area contributed by atoms with Gasteiger partial charge in [-0.1, -0.05) is 0 Å². The molecule has 1 saturated carbocycles. The summed E-state index contributed by atoms with van der Waals surface area (Å²) in [7, 11) is 0. The molecule has 1 aromatic heterocycles. The van der Waals surface area contributed by atoms with Crippen molar-refractivity contribution in [2.75, 3.05) is 6.61 Å². The second-order valence-corrected chi connectivity index (χ2v) is 4.45. The van der Waals surface area contributed by atoms with Gasteiger partial charge in [0.25, 0.3) is 5.56 Å². The van der Waals surface area contributed by atoms with Gasteiger partial charge in [0, 0.05) is 12.8 Å². The first-order valence-corrected chi connectivity index (χ1v) is 5.68. The quantitative estimate of drug-likeness (QED) is 0.795. The summed E-state index contributed by atoms with van der Waals surface area (Å²) in [4.78, 5) is 34.6. The molecule has 1 N–H and O–H groups in total. The average molecular weight is 274 g/mol. The molecule has 3 atom stereocenters. The van der Waals surface area contributed by atoms with Crippen molar-refractivity contribution in [3.05, 3.63) is 32.9 Å². The topological polar surface area (TPSA) is 81.2 Å². The van der Waals surface area contributed by atoms with E-state index in [1.165, 1.54) is 6.92 Å². The summed E-state index contributed by atoms with van der Waals surface area (Å²) >= 11 is 0. The fraction of sp³-hybridized carbons (Fsp3) is 0.545. The van der Waals surface area contributed by atoms with E-state index < -0.39 is 41.2 Å². The smallest absolute Gasteiger partial charge is 0.328 e. The third kappa shape index (κ3) is 2.56. The molecule has 1 fully saturated rings. The SMILES string of the molecule is CC(=O)OCC1CC(n2cc(F)c(=O)[nH]c2=O)C1F. The Balaban J connectivity index is 2.10. The maximum atomic E-state index is 13.8. The van der Waals surface area contributed by atoms with Gasteiger partial charge in [-0.3, -0.25) is 19.1 Å². The van der Waals surface area contributed by atoms with E-state index in [0.717, 1.165) is 4.57 Å². The van der Waals surface area contributed by atoms with Gasteiger partial charge in [0.1, 0.15) is 6.17 Å². The molecule has 1 aliphatic rings. The first kappa shape index (κ1) is 13.4. The Hall–Kier alpha value is -1.99. The highest BCUT2D eigenvalue weighted by molar-refractivity contribution is 5.65. The second-order valence-electron chi connectivity index (χ2n) is 4.45. The zero-order valence-corrected chi connectivity index (χ0v) is 10.1. The minimum absolute atomic E-state index is 0.0758. The number of aromatic nitrogens is 2. The maximum Gasteiger partial charge on any atom is 0.328 e. The lowest BCUT2D eigenvalue weighted by Gasteiger charge is -2.39. The molecule has 19 heavy (non-hydrogen) atoms. The molecule has 0 amide bonds. The van der Waals surface area contributed by atoms with Crippen molar-refractivity contribution in [1.29, 1.82) is 0 Å². The number of alkyl halides is 1. The fourth-order valence-electron chi connectivity index (χ4n) is 2.05. The van der Waals surface area contributed by atoms with E-state index in [9.17, 15) is 23.2 Å². The molecule has 1 aliphatic carbocycles. The first-order valence-electron chi connectivity index (χ1n) is 5.68. The van der Waals surface area contributed by atoms with Crippen molar-refractivity contribution < 1.29 is 18.3 Å². The van der Waals surface area contributed by atoms with E-state index >= 15 is 0 Å². The standard InChI is InChI=1S/C11H12F2N2O4/c1-5(16)19-4-6-2-8(9(6)13)15-3-7(12)10(17)14-11(15)18/h3,6,8-9H,2,4H2,1H3,(H,14,17,18). The molecule has 0 spiro atoms. The zero-order chi connectivity index (χ0) is 14.2. The van der Waals surface area contributed by atoms with Crippen LogP contribution < -0.4 is 11.2 Å². The Bertz CT molecular complexity index is 609. The van der Waals surface area contributed by atoms with Gasteiger partial charge >= 0.3 is 11.7 Å². The van der Waals surface area contributed by atoms with Crippen LogP contribution in [0.15, 0.2) is 15.8 Å². The number of ether oxygens (including phenoxy) is 1. The van der Waals surface area contributed by atoms with Crippen LogP contribution in [0.2, 0.25) is 0 Å². The average Bonchev–Trinajstić information content (AvgIpc) is 2.33. The van der Waals surface area contributed by atoms with Gasteiger partial charge in [-0.05, 0) is 6.42 Å². The minimum Gasteiger partial charge on any atom is -0.465 e. The van der Waals surface area contributed by atoms with Crippen LogP contribution in [0, 0.1) is 11.7 Å². The van der Waals surface area contributed by atoms with Crippen LogP contribution in [-0.4, -0.2) is 28.3 Å². The Morgan fingerprint density at radius 2 is 2.26 bits per heavy atom. The number of nitrogens with zero attached hydrogens (tertiary/aromatic N) is 1. The van der Waals surface area contributed by atoms with Crippen LogP contribution in [0.4, 0.5) is 8.78 Å². The lowest BCUT2D eigenvalue weighted by atomic mass is 9.78. The molecular formula is C11H12F2N2O4. The number of hydrogen-bond acceptors (Lipinski definition) is 4. The third-order valence-corrected chi connectivity index (χ3v) is 3.14. The van der Waals surface area contributed by atoms with Gasteiger partial charge in [-0.2, -0.15) is 4.39 Å². The monoisotopic (exact) mass is 274 g/mol. The van der Waals surface area contributed by atoms with Crippen molar-refractivity contribution in [3.63, 3.8) is 0 Å². The van der Waals surface area contributed by atoms with E-state index in [1.54, 1.807) is 4.98 Å². The van der Waals surface area contributed by atoms with E-state index in [0.29, 0.717) is 6.20 Å². The fourth-order valence-corrected chi connectivity index (χ4v) is 2.05. The molecule has 3 unspecified atom stereocenters. The Labute approximate surface area is 106 Å². The predicted octanol–water partition coefficient (Wildman–Crippen LogP) is 0.138. The van der Waals surface area contributed by atoms with Gasteiger partial charge in [0.15, 0.2) is 0 Å². The number of esters is 1. The maximum absolute atomic E-state index is 13.8. The zero-order valence-electron chi connectivity index (χ0n) is 10.1. The molecule has 2 rings (SSSR count). The summed E-state index contributed by atoms with van der Waals surface area (Å²) in [5.41, 5.74) is -1.99. The molecule has 0 saturated heterocycles. The highest BCUT2D eigenvalue weighted by atomic mass is 19.1. The summed E-state index contributed by atoms with van der Waals surface area (Å²) in [6.45, 7) is 1.14. The second kappa shape index (κ2) is 4.94. The van der Waals surface area contributed by atoms with E-state index in [-0.39, 0.29) is 13.0 Å². The normalized spacial score (nSPS) is 25.7. The van der Waals surface area contributed by atoms with Gasteiger partial charge < -0.3 is 4.74 Å². The Kier molecular flexibility index (Phi) is 3.50. The molecule has 1 aromatic rings. The molecule has 6 nitrogen and oxygen atoms in total. The molecule has 0 radical (unpaired) electrons. The van der Waals surface area contributed by atoms with Crippen LogP contribution in [0.5, 0.6) is 0 Å². The third-order valence-electron chi connectivity index (χ3n) is 3.14. The number of nitrogens with one attached hydrogen (secondary N) is 1. The van der Waals surface area contributed by atoms with Crippen molar-refractivity contribution in [1.82, 2.24) is 9.55 Å². The van der Waals surface area contributed by atoms with Gasteiger partial charge in [-0.25, -0.2) is 9.18 Å². The van der Waals surface area contributed by atoms with Crippen LogP contribution in [0.25, 0.3) is 0 Å². The molecule has 0 bridgehead atoms. The van der Waals surface area contributed by atoms with Crippen molar-refractivity contribution in [2.45, 2.75) is 25.6 Å². The Morgan fingerprint density at radius 3 is 2.84 bits per heavy atom. The predicted molar refractivity (Wildman–Crippen MR) is 60.0 cm³/mol. The minimum atomic E-state index is -1.43. The molecular weight excluding hydrogens is 262 g/mol. The molecule has 8 heteroatoms. The van der Waals surface area contributed by atoms with Crippen LogP contribution in [0.1, 0.15) is 19.4 Å². The first-order chi connectivity index (χ1) is 8.90. The van der Waals surface area contributed by atoms with Gasteiger partial charge in [0.05, 0.1) is 18.8 Å². The molecule has 104 valence electrons. The number of aromatic amines is 1. The highest BCUT2D eigenvalue weighted by Crippen LogP contribution is 2.40. The largest absolute Gasteiger partial charge is 0.465 e. The Morgan fingerprint density at radius 1 is 1.58 bits per heavy atom. The number of H-pyrrole nitrogens is 1. The van der Waals surface area contributed by atoms with Gasteiger partial charge in [0.2, 0.25) is 5.82 Å². The lowest BCUT2D eigenvalue weighted by molar-refractivity contribution is -0.145. The van der Waals surface area contributed by atoms with E-state index in [1.807, 2.05) is 0 Å². The van der Waals surface area contributed by atoms with Crippen LogP contribution >= 0.6 is 0 Å². The van der Waals surface area contributed by atoms with Gasteiger partial charge in [-0.15, -0.1) is 0 Å². The molecule has 0 aliphatic heterocycles. The van der Waals surface area contributed by atoms with Crippen molar-refractivity contribution >= 4 is 5.97 Å². The summed E-state index contributed by atoms with van der Waals surface area (Å²) in [5, 5.41) is 0. The number of carbonyl (C=O) groups is 1. The van der Waals surface area contributed by atoms with Crippen LogP contribution in [0.3, 0.4) is 0 Å². The van der Waals surface area contributed by atoms with E-state index in [4.69, 9.17) is 0 Å². The molecule has 1 heterocycles. The molecule has 0 aromatic carbocycles. The van der Waals surface area contributed by atoms with Crippen molar-refractivity contribution in [3.8, 4) is 0 Å². The number of carbonyl (C=O) groups excluding carboxylic acids is 1. The van der Waals surface area contributed by atoms with Crippen LogP contribution in [-0.2, 0) is 9.53 Å². The summed E-state index contributed by atoms with van der Waals surface area (Å²) in [6.07, 6.45) is -0.498. The highest BCUT2D eigenvalue weighted by Gasteiger charge is 2.43. The number of hydrogen-bond donors (Lipinski definition) is 1. The number of halogens is 2.